The summed E-state index contributed by atoms with van der Waals surface area (Å²) in [5.74, 6) is -0.0958. The summed E-state index contributed by atoms with van der Waals surface area (Å²) in [6.07, 6.45) is 12.1. The molecule has 0 atom stereocenters. The van der Waals surface area contributed by atoms with Gasteiger partial charge in [-0.2, -0.15) is 10.2 Å². The number of benzene rings is 1. The van der Waals surface area contributed by atoms with E-state index in [1.165, 1.54) is 0 Å². The Morgan fingerprint density at radius 3 is 2.55 bits per heavy atom. The first-order valence-corrected chi connectivity index (χ1v) is 9.44. The molecule has 3 aromatic heterocycles. The van der Waals surface area contributed by atoms with Gasteiger partial charge in [0.2, 0.25) is 0 Å². The van der Waals surface area contributed by atoms with Crippen molar-refractivity contribution in [2.75, 3.05) is 0 Å². The van der Waals surface area contributed by atoms with E-state index in [9.17, 15) is 4.79 Å². The van der Waals surface area contributed by atoms with Crippen LogP contribution in [0.1, 0.15) is 35.8 Å². The molecule has 3 heterocycles. The minimum absolute atomic E-state index is 0.0958. The molecule has 0 fully saturated rings. The van der Waals surface area contributed by atoms with Crippen LogP contribution in [-0.4, -0.2) is 30.3 Å². The number of nitrogens with zero attached hydrogens (tertiary/aromatic N) is 5. The third-order valence-corrected chi connectivity index (χ3v) is 4.53. The summed E-state index contributed by atoms with van der Waals surface area (Å²) in [4.78, 5) is 16.8. The van der Waals surface area contributed by atoms with E-state index in [-0.39, 0.29) is 11.8 Å². The molecule has 0 amide bonds. The maximum atomic E-state index is 12.6. The van der Waals surface area contributed by atoms with Crippen molar-refractivity contribution in [3.63, 3.8) is 0 Å². The summed E-state index contributed by atoms with van der Waals surface area (Å²) >= 11 is 0. The zero-order valence-corrected chi connectivity index (χ0v) is 16.3. The second-order valence-corrected chi connectivity index (χ2v) is 6.96. The number of para-hydroxylation sites is 1. The van der Waals surface area contributed by atoms with Gasteiger partial charge in [-0.3, -0.25) is 14.5 Å². The van der Waals surface area contributed by atoms with Crippen molar-refractivity contribution >= 4 is 11.9 Å². The normalized spacial score (nSPS) is 11.4. The maximum Gasteiger partial charge on any atom is 0.189 e. The minimum atomic E-state index is -0.0958. The van der Waals surface area contributed by atoms with Crippen LogP contribution in [0, 0.1) is 0 Å². The first kappa shape index (κ1) is 18.6. The first-order valence-electron chi connectivity index (χ1n) is 9.44. The van der Waals surface area contributed by atoms with Gasteiger partial charge in [-0.15, -0.1) is 0 Å². The van der Waals surface area contributed by atoms with Gasteiger partial charge in [-0.25, -0.2) is 4.68 Å². The van der Waals surface area contributed by atoms with Crippen LogP contribution < -0.4 is 0 Å². The zero-order valence-electron chi connectivity index (χ0n) is 16.3. The fraction of sp³-hybridized carbons (Fsp3) is 0.130. The summed E-state index contributed by atoms with van der Waals surface area (Å²) in [7, 11) is 0. The minimum Gasteiger partial charge on any atom is -0.289 e. The predicted octanol–water partition coefficient (Wildman–Crippen LogP) is 4.61. The standard InChI is InChI=1S/C23H21N5O/c1-17(2)27-16-20(14-25-27)22(29)11-10-19-15-28(21-8-4-3-5-9-21)26-23(19)18-7-6-12-24-13-18/h3-17H,1-2H3/b11-10+. The molecule has 29 heavy (non-hydrogen) atoms. The van der Waals surface area contributed by atoms with Gasteiger partial charge in [0.25, 0.3) is 0 Å². The highest BCUT2D eigenvalue weighted by Gasteiger charge is 2.12. The van der Waals surface area contributed by atoms with Crippen LogP contribution in [0.2, 0.25) is 0 Å². The van der Waals surface area contributed by atoms with Gasteiger partial charge in [0.05, 0.1) is 17.4 Å². The van der Waals surface area contributed by atoms with Gasteiger partial charge in [0.15, 0.2) is 5.78 Å². The van der Waals surface area contributed by atoms with Gasteiger partial charge in [0.1, 0.15) is 5.69 Å². The van der Waals surface area contributed by atoms with Gasteiger partial charge >= 0.3 is 0 Å². The van der Waals surface area contributed by atoms with E-state index in [1.807, 2.05) is 67.2 Å². The van der Waals surface area contributed by atoms with E-state index in [0.717, 1.165) is 22.5 Å². The lowest BCUT2D eigenvalue weighted by Crippen LogP contribution is -2.00. The van der Waals surface area contributed by atoms with E-state index in [4.69, 9.17) is 5.10 Å². The Balaban J connectivity index is 1.69. The van der Waals surface area contributed by atoms with Crippen molar-refractivity contribution in [3.8, 4) is 16.9 Å². The van der Waals surface area contributed by atoms with Gasteiger partial charge in [-0.05, 0) is 50.3 Å². The molecule has 144 valence electrons. The lowest BCUT2D eigenvalue weighted by molar-refractivity contribution is 0.104. The Hall–Kier alpha value is -3.80. The molecular weight excluding hydrogens is 362 g/mol. The molecule has 0 saturated heterocycles. The highest BCUT2D eigenvalue weighted by molar-refractivity contribution is 6.06. The Bertz CT molecular complexity index is 1140. The lowest BCUT2D eigenvalue weighted by Gasteiger charge is -2.02. The van der Waals surface area contributed by atoms with E-state index in [1.54, 1.807) is 41.6 Å². The number of carbonyl (C=O) groups excluding carboxylic acids is 1. The molecule has 1 aromatic carbocycles. The number of hydrogen-bond acceptors (Lipinski definition) is 4. The van der Waals surface area contributed by atoms with Crippen molar-refractivity contribution < 1.29 is 4.79 Å². The average molecular weight is 383 g/mol. The zero-order chi connectivity index (χ0) is 20.2. The number of rotatable bonds is 6. The molecule has 0 N–H and O–H groups in total. The lowest BCUT2D eigenvalue weighted by atomic mass is 10.1. The molecule has 0 saturated carbocycles. The largest absolute Gasteiger partial charge is 0.289 e. The molecule has 0 aliphatic carbocycles. The molecule has 6 nitrogen and oxygen atoms in total. The Labute approximate surface area is 169 Å². The average Bonchev–Trinajstić information content (AvgIpc) is 3.41. The second-order valence-electron chi connectivity index (χ2n) is 6.96. The summed E-state index contributed by atoms with van der Waals surface area (Å²) < 4.78 is 3.58. The summed E-state index contributed by atoms with van der Waals surface area (Å²) in [6.45, 7) is 4.05. The number of allylic oxidation sites excluding steroid dienone is 1. The van der Waals surface area contributed by atoms with Crippen molar-refractivity contribution in [2.24, 2.45) is 0 Å². The molecule has 0 unspecified atom stereocenters. The molecule has 6 heteroatoms. The third-order valence-electron chi connectivity index (χ3n) is 4.53. The quantitative estimate of drug-likeness (QED) is 0.360. The van der Waals surface area contributed by atoms with Crippen LogP contribution in [0.25, 0.3) is 23.0 Å². The Morgan fingerprint density at radius 2 is 1.86 bits per heavy atom. The molecule has 0 spiro atoms. The molecular formula is C23H21N5O. The first-order chi connectivity index (χ1) is 14.1. The highest BCUT2D eigenvalue weighted by atomic mass is 16.1. The van der Waals surface area contributed by atoms with Crippen LogP contribution in [0.4, 0.5) is 0 Å². The SMILES string of the molecule is CC(C)n1cc(C(=O)/C=C/c2cn(-c3ccccc3)nc2-c2cccnc2)cn1. The highest BCUT2D eigenvalue weighted by Crippen LogP contribution is 2.24. The number of carbonyl (C=O) groups is 1. The van der Waals surface area contributed by atoms with E-state index < -0.39 is 0 Å². The molecule has 0 bridgehead atoms. The Kier molecular flexibility index (Phi) is 5.16. The van der Waals surface area contributed by atoms with Crippen molar-refractivity contribution in [1.29, 1.82) is 0 Å². The summed E-state index contributed by atoms with van der Waals surface area (Å²) in [5.41, 5.74) is 4.01. The molecule has 4 rings (SSSR count). The van der Waals surface area contributed by atoms with Crippen LogP contribution in [0.15, 0.2) is 79.5 Å². The monoisotopic (exact) mass is 383 g/mol. The fourth-order valence-corrected chi connectivity index (χ4v) is 2.96. The van der Waals surface area contributed by atoms with Crippen molar-refractivity contribution in [3.05, 3.63) is 90.7 Å². The number of pyridine rings is 1. The van der Waals surface area contributed by atoms with Crippen LogP contribution in [0.5, 0.6) is 0 Å². The molecule has 4 aromatic rings. The molecule has 0 radical (unpaired) electrons. The van der Waals surface area contributed by atoms with E-state index in [2.05, 4.69) is 10.1 Å². The number of ketones is 1. The third kappa shape index (κ3) is 4.06. The van der Waals surface area contributed by atoms with Gasteiger partial charge in [-0.1, -0.05) is 18.2 Å². The van der Waals surface area contributed by atoms with Crippen LogP contribution in [0.3, 0.4) is 0 Å². The van der Waals surface area contributed by atoms with Crippen LogP contribution >= 0.6 is 0 Å². The van der Waals surface area contributed by atoms with Crippen molar-refractivity contribution in [1.82, 2.24) is 24.5 Å². The van der Waals surface area contributed by atoms with Gasteiger partial charge < -0.3 is 0 Å². The second kappa shape index (κ2) is 8.06. The predicted molar refractivity (Wildman–Crippen MR) is 113 cm³/mol. The fourth-order valence-electron chi connectivity index (χ4n) is 2.96. The molecule has 0 aliphatic rings. The van der Waals surface area contributed by atoms with Crippen LogP contribution in [-0.2, 0) is 0 Å². The van der Waals surface area contributed by atoms with E-state index in [0.29, 0.717) is 5.56 Å². The Morgan fingerprint density at radius 1 is 1.03 bits per heavy atom. The number of hydrogen-bond donors (Lipinski definition) is 0. The van der Waals surface area contributed by atoms with Crippen molar-refractivity contribution in [2.45, 2.75) is 19.9 Å². The number of aromatic nitrogens is 5. The topological polar surface area (TPSA) is 65.6 Å². The van der Waals surface area contributed by atoms with E-state index >= 15 is 0 Å². The molecule has 0 aliphatic heterocycles. The maximum absolute atomic E-state index is 12.6. The summed E-state index contributed by atoms with van der Waals surface area (Å²) in [5, 5.41) is 8.96. The van der Waals surface area contributed by atoms with Gasteiger partial charge in [0, 0.05) is 42.0 Å². The smallest absolute Gasteiger partial charge is 0.189 e. The summed E-state index contributed by atoms with van der Waals surface area (Å²) in [6, 6.07) is 13.9.